The van der Waals surface area contributed by atoms with E-state index in [1.54, 1.807) is 24.3 Å². The van der Waals surface area contributed by atoms with E-state index in [2.05, 4.69) is 37.8 Å². The number of benzene rings is 2. The molecule has 5 nitrogen and oxygen atoms in total. The van der Waals surface area contributed by atoms with Crippen molar-refractivity contribution in [2.24, 2.45) is 0 Å². The molecule has 0 fully saturated rings. The van der Waals surface area contributed by atoms with Gasteiger partial charge in [0, 0.05) is 10.2 Å². The van der Waals surface area contributed by atoms with E-state index in [0.717, 1.165) is 10.0 Å². The Morgan fingerprint density at radius 2 is 1.92 bits per heavy atom. The fourth-order valence-corrected chi connectivity index (χ4v) is 2.75. The molecule has 6 heteroatoms. The van der Waals surface area contributed by atoms with Crippen LogP contribution in [0.5, 0.6) is 0 Å². The van der Waals surface area contributed by atoms with E-state index in [1.807, 2.05) is 25.1 Å². The van der Waals surface area contributed by atoms with Crippen LogP contribution in [-0.4, -0.2) is 24.9 Å². The number of hydrogen-bond acceptors (Lipinski definition) is 3. The van der Waals surface area contributed by atoms with Crippen LogP contribution in [0.25, 0.3) is 0 Å². The molecule has 0 bridgehead atoms. The maximum Gasteiger partial charge on any atom is 0.254 e. The van der Waals surface area contributed by atoms with Gasteiger partial charge in [0.2, 0.25) is 5.91 Å². The fourth-order valence-electron chi connectivity index (χ4n) is 2.15. The minimum absolute atomic E-state index is 0.0275. The molecule has 0 saturated carbocycles. The highest BCUT2D eigenvalue weighted by Crippen LogP contribution is 2.23. The summed E-state index contributed by atoms with van der Waals surface area (Å²) in [6, 6.07) is 12.6. The number of aryl methyl sites for hydroxylation is 1. The van der Waals surface area contributed by atoms with Crippen molar-refractivity contribution in [3.8, 4) is 12.3 Å². The van der Waals surface area contributed by atoms with Gasteiger partial charge in [0.05, 0.1) is 24.3 Å². The van der Waals surface area contributed by atoms with E-state index in [-0.39, 0.29) is 24.9 Å². The summed E-state index contributed by atoms with van der Waals surface area (Å²) < 4.78 is 0.815. The van der Waals surface area contributed by atoms with Crippen LogP contribution >= 0.6 is 15.9 Å². The first-order valence-corrected chi connectivity index (χ1v) is 8.41. The zero-order chi connectivity index (χ0) is 18.2. The van der Waals surface area contributed by atoms with E-state index in [9.17, 15) is 9.59 Å². The molecule has 0 spiro atoms. The molecule has 128 valence electrons. The van der Waals surface area contributed by atoms with Gasteiger partial charge in [-0.05, 0) is 52.7 Å². The first kappa shape index (κ1) is 18.6. The van der Waals surface area contributed by atoms with Gasteiger partial charge in [-0.3, -0.25) is 9.59 Å². The Balaban J connectivity index is 2.00. The lowest BCUT2D eigenvalue weighted by molar-refractivity contribution is -0.114. The predicted molar refractivity (Wildman–Crippen MR) is 104 cm³/mol. The molecule has 0 radical (unpaired) electrons. The smallest absolute Gasteiger partial charge is 0.254 e. The zero-order valence-corrected chi connectivity index (χ0v) is 15.3. The number of carbonyl (C=O) groups excluding carboxylic acids is 2. The molecule has 0 saturated heterocycles. The van der Waals surface area contributed by atoms with Crippen molar-refractivity contribution in [3.05, 3.63) is 58.1 Å². The maximum atomic E-state index is 12.2. The second-order valence-electron chi connectivity index (χ2n) is 5.32. The minimum atomic E-state index is -0.289. The topological polar surface area (TPSA) is 70.2 Å². The fraction of sp³-hybridized carbons (Fsp3) is 0.158. The summed E-state index contributed by atoms with van der Waals surface area (Å²) >= 11 is 3.42. The molecule has 2 amide bonds. The third-order valence-corrected chi connectivity index (χ3v) is 4.02. The Morgan fingerprint density at radius 1 is 1.16 bits per heavy atom. The van der Waals surface area contributed by atoms with E-state index in [0.29, 0.717) is 16.9 Å². The predicted octanol–water partition coefficient (Wildman–Crippen LogP) is 3.17. The number of rotatable bonds is 6. The van der Waals surface area contributed by atoms with Gasteiger partial charge in [-0.2, -0.15) is 0 Å². The number of carbonyl (C=O) groups is 2. The monoisotopic (exact) mass is 399 g/mol. The van der Waals surface area contributed by atoms with Crippen LogP contribution in [-0.2, 0) is 4.79 Å². The van der Waals surface area contributed by atoms with E-state index in [4.69, 9.17) is 6.42 Å². The van der Waals surface area contributed by atoms with Crippen molar-refractivity contribution in [3.63, 3.8) is 0 Å². The first-order valence-electron chi connectivity index (χ1n) is 7.62. The molecular weight excluding hydrogens is 382 g/mol. The van der Waals surface area contributed by atoms with E-state index in [1.165, 1.54) is 0 Å². The van der Waals surface area contributed by atoms with Gasteiger partial charge in [0.25, 0.3) is 5.91 Å². The van der Waals surface area contributed by atoms with Crippen molar-refractivity contribution < 1.29 is 9.59 Å². The Hall–Kier alpha value is -2.78. The lowest BCUT2D eigenvalue weighted by atomic mass is 10.1. The third-order valence-electron chi connectivity index (χ3n) is 3.36. The van der Waals surface area contributed by atoms with Crippen LogP contribution in [0.1, 0.15) is 15.9 Å². The number of amides is 2. The summed E-state index contributed by atoms with van der Waals surface area (Å²) in [5.41, 5.74) is 2.78. The zero-order valence-electron chi connectivity index (χ0n) is 13.7. The number of halogens is 1. The van der Waals surface area contributed by atoms with Crippen molar-refractivity contribution in [2.45, 2.75) is 6.92 Å². The molecule has 25 heavy (non-hydrogen) atoms. The Morgan fingerprint density at radius 3 is 2.64 bits per heavy atom. The highest BCUT2D eigenvalue weighted by atomic mass is 79.9. The second kappa shape index (κ2) is 8.90. The second-order valence-corrected chi connectivity index (χ2v) is 6.17. The Bertz CT molecular complexity index is 828. The van der Waals surface area contributed by atoms with Crippen LogP contribution in [0.3, 0.4) is 0 Å². The summed E-state index contributed by atoms with van der Waals surface area (Å²) in [4.78, 5) is 24.2. The molecule has 3 N–H and O–H groups in total. The van der Waals surface area contributed by atoms with Crippen molar-refractivity contribution in [1.82, 2.24) is 5.32 Å². The van der Waals surface area contributed by atoms with Gasteiger partial charge >= 0.3 is 0 Å². The number of nitrogens with one attached hydrogen (secondary N) is 3. The molecule has 0 aliphatic rings. The largest absolute Gasteiger partial charge is 0.376 e. The molecule has 2 rings (SSSR count). The van der Waals surface area contributed by atoms with Crippen LogP contribution in [0, 0.1) is 19.3 Å². The van der Waals surface area contributed by atoms with Crippen molar-refractivity contribution in [1.29, 1.82) is 0 Å². The molecule has 0 heterocycles. The summed E-state index contributed by atoms with van der Waals surface area (Å²) in [6.45, 7) is 2.15. The molecule has 0 aliphatic heterocycles. The molecule has 0 aromatic heterocycles. The highest BCUT2D eigenvalue weighted by Gasteiger charge is 2.11. The molecular formula is C19H18BrN3O2. The average Bonchev–Trinajstić information content (AvgIpc) is 2.60. The average molecular weight is 400 g/mol. The van der Waals surface area contributed by atoms with Crippen molar-refractivity contribution in [2.75, 3.05) is 23.7 Å². The van der Waals surface area contributed by atoms with Gasteiger partial charge in [-0.25, -0.2) is 0 Å². The highest BCUT2D eigenvalue weighted by molar-refractivity contribution is 9.10. The summed E-state index contributed by atoms with van der Waals surface area (Å²) in [6.07, 6.45) is 5.15. The quantitative estimate of drug-likeness (QED) is 0.653. The summed E-state index contributed by atoms with van der Waals surface area (Å²) in [5, 5.41) is 8.40. The molecule has 2 aromatic rings. The first-order chi connectivity index (χ1) is 12.0. The summed E-state index contributed by atoms with van der Waals surface area (Å²) in [7, 11) is 0. The Kier molecular flexibility index (Phi) is 6.61. The molecule has 0 unspecified atom stereocenters. The maximum absolute atomic E-state index is 12.2. The lowest BCUT2D eigenvalue weighted by Gasteiger charge is -2.12. The number of anilines is 2. The van der Waals surface area contributed by atoms with Crippen molar-refractivity contribution >= 4 is 39.1 Å². The van der Waals surface area contributed by atoms with Crippen LogP contribution in [0.2, 0.25) is 0 Å². The van der Waals surface area contributed by atoms with Gasteiger partial charge < -0.3 is 16.0 Å². The van der Waals surface area contributed by atoms with E-state index < -0.39 is 0 Å². The molecule has 2 aromatic carbocycles. The van der Waals surface area contributed by atoms with Gasteiger partial charge in [-0.1, -0.05) is 24.1 Å². The third kappa shape index (κ3) is 5.37. The standard InChI is InChI=1S/C19H18BrN3O2/c1-3-10-21-19(25)14-6-4-5-7-16(14)22-12-18(24)23-17-9-8-13(2)11-15(17)20/h1,4-9,11,22H,10,12H2,2H3,(H,21,25)(H,23,24). The number of terminal acetylenes is 1. The van der Waals surface area contributed by atoms with Gasteiger partial charge in [0.1, 0.15) is 0 Å². The van der Waals surface area contributed by atoms with E-state index >= 15 is 0 Å². The SMILES string of the molecule is C#CCNC(=O)c1ccccc1NCC(=O)Nc1ccc(C)cc1Br. The normalized spacial score (nSPS) is 9.80. The lowest BCUT2D eigenvalue weighted by Crippen LogP contribution is -2.26. The summed E-state index contributed by atoms with van der Waals surface area (Å²) in [5.74, 6) is 1.85. The van der Waals surface area contributed by atoms with Crippen LogP contribution in [0.4, 0.5) is 11.4 Å². The Labute approximate surface area is 155 Å². The van der Waals surface area contributed by atoms with Crippen LogP contribution < -0.4 is 16.0 Å². The number of hydrogen-bond donors (Lipinski definition) is 3. The van der Waals surface area contributed by atoms with Gasteiger partial charge in [-0.15, -0.1) is 6.42 Å². The number of para-hydroxylation sites is 1. The molecule has 0 aliphatic carbocycles. The van der Waals surface area contributed by atoms with Gasteiger partial charge in [0.15, 0.2) is 0 Å². The minimum Gasteiger partial charge on any atom is -0.376 e. The molecule has 0 atom stereocenters. The van der Waals surface area contributed by atoms with Crippen LogP contribution in [0.15, 0.2) is 46.9 Å².